The van der Waals surface area contributed by atoms with Gasteiger partial charge in [0.05, 0.1) is 13.0 Å². The number of amides is 1. The van der Waals surface area contributed by atoms with E-state index < -0.39 is 5.97 Å². The summed E-state index contributed by atoms with van der Waals surface area (Å²) in [5, 5.41) is 3.01. The second kappa shape index (κ2) is 10.1. The lowest BCUT2D eigenvalue weighted by atomic mass is 10.1. The molecule has 21 heavy (non-hydrogen) atoms. The number of esters is 2. The van der Waals surface area contributed by atoms with Crippen molar-refractivity contribution in [2.75, 3.05) is 33.0 Å². The van der Waals surface area contributed by atoms with E-state index >= 15 is 0 Å². The maximum Gasteiger partial charge on any atom is 0.325 e. The van der Waals surface area contributed by atoms with Crippen LogP contribution in [-0.2, 0) is 23.9 Å². The molecular weight excluding hydrogens is 276 g/mol. The van der Waals surface area contributed by atoms with Gasteiger partial charge in [0.2, 0.25) is 5.91 Å². The number of carbonyl (C=O) groups is 3. The lowest BCUT2D eigenvalue weighted by Gasteiger charge is -2.21. The third-order valence-electron chi connectivity index (χ3n) is 3.14. The monoisotopic (exact) mass is 300 g/mol. The number of carbonyl (C=O) groups excluding carboxylic acids is 3. The van der Waals surface area contributed by atoms with Gasteiger partial charge in [-0.25, -0.2) is 0 Å². The van der Waals surface area contributed by atoms with Crippen LogP contribution in [0.4, 0.5) is 0 Å². The van der Waals surface area contributed by atoms with Gasteiger partial charge in [0, 0.05) is 13.0 Å². The molecule has 7 nitrogen and oxygen atoms in total. The van der Waals surface area contributed by atoms with Crippen LogP contribution in [0.25, 0.3) is 0 Å². The molecular formula is C14H24N2O5. The normalized spacial score (nSPS) is 19.0. The molecule has 0 spiro atoms. The molecule has 0 atom stereocenters. The summed E-state index contributed by atoms with van der Waals surface area (Å²) in [5.41, 5.74) is 0. The minimum absolute atomic E-state index is 0.0762. The summed E-state index contributed by atoms with van der Waals surface area (Å²) in [5.74, 6) is -0.961. The average Bonchev–Trinajstić information content (AvgIpc) is 2.46. The van der Waals surface area contributed by atoms with Crippen molar-refractivity contribution in [1.82, 2.24) is 10.2 Å². The highest BCUT2D eigenvalue weighted by Crippen LogP contribution is 2.06. The van der Waals surface area contributed by atoms with Crippen molar-refractivity contribution < 1.29 is 23.9 Å². The van der Waals surface area contributed by atoms with Gasteiger partial charge in [0.15, 0.2) is 0 Å². The van der Waals surface area contributed by atoms with Crippen LogP contribution in [0.15, 0.2) is 0 Å². The van der Waals surface area contributed by atoms with Gasteiger partial charge in [0.25, 0.3) is 0 Å². The summed E-state index contributed by atoms with van der Waals surface area (Å²) < 4.78 is 9.84. The Morgan fingerprint density at radius 1 is 1.29 bits per heavy atom. The van der Waals surface area contributed by atoms with Crippen molar-refractivity contribution in [1.29, 1.82) is 0 Å². The number of nitrogens with zero attached hydrogens (tertiary/aromatic N) is 1. The Labute approximate surface area is 124 Å². The highest BCUT2D eigenvalue weighted by molar-refractivity contribution is 5.82. The van der Waals surface area contributed by atoms with Gasteiger partial charge < -0.3 is 14.4 Å². The number of hydrogen-bond donors (Lipinski definition) is 1. The van der Waals surface area contributed by atoms with Crippen LogP contribution in [0, 0.1) is 0 Å². The molecule has 0 aliphatic carbocycles. The number of rotatable bonds is 3. The van der Waals surface area contributed by atoms with E-state index in [2.05, 4.69) is 5.32 Å². The topological polar surface area (TPSA) is 84.9 Å². The first-order valence-corrected chi connectivity index (χ1v) is 7.43. The number of ether oxygens (including phenoxy) is 2. The van der Waals surface area contributed by atoms with E-state index in [1.165, 1.54) is 4.90 Å². The molecule has 1 aliphatic rings. The standard InChI is InChI=1S/C14H24N2O5/c1-2-20-14(19)10-16-9-7-13(18)21-11-15-8-5-3-4-6-12(16)17/h15H,2-11H2,1H3. The number of hydrogen-bond acceptors (Lipinski definition) is 6. The molecule has 0 bridgehead atoms. The molecule has 1 rings (SSSR count). The van der Waals surface area contributed by atoms with Crippen LogP contribution in [0.2, 0.25) is 0 Å². The van der Waals surface area contributed by atoms with Crippen LogP contribution in [0.5, 0.6) is 0 Å². The van der Waals surface area contributed by atoms with E-state index in [9.17, 15) is 14.4 Å². The van der Waals surface area contributed by atoms with Crippen molar-refractivity contribution >= 4 is 17.8 Å². The molecule has 1 heterocycles. The molecule has 1 amide bonds. The highest BCUT2D eigenvalue weighted by atomic mass is 16.5. The first-order chi connectivity index (χ1) is 10.1. The maximum atomic E-state index is 12.1. The van der Waals surface area contributed by atoms with Crippen LogP contribution in [-0.4, -0.2) is 55.7 Å². The van der Waals surface area contributed by atoms with E-state index in [1.807, 2.05) is 0 Å². The largest absolute Gasteiger partial charge is 0.465 e. The molecule has 1 N–H and O–H groups in total. The van der Waals surface area contributed by atoms with Gasteiger partial charge >= 0.3 is 11.9 Å². The molecule has 1 aliphatic heterocycles. The molecule has 0 saturated carbocycles. The van der Waals surface area contributed by atoms with Crippen molar-refractivity contribution in [3.63, 3.8) is 0 Å². The fraction of sp³-hybridized carbons (Fsp3) is 0.786. The molecule has 7 heteroatoms. The average molecular weight is 300 g/mol. The van der Waals surface area contributed by atoms with Gasteiger partial charge in [-0.3, -0.25) is 19.7 Å². The molecule has 1 saturated heterocycles. The molecule has 0 aromatic carbocycles. The quantitative estimate of drug-likeness (QED) is 0.761. The summed E-state index contributed by atoms with van der Waals surface area (Å²) in [7, 11) is 0. The van der Waals surface area contributed by atoms with E-state index in [0.29, 0.717) is 6.42 Å². The Bertz CT molecular complexity index is 359. The van der Waals surface area contributed by atoms with Gasteiger partial charge in [-0.1, -0.05) is 6.42 Å². The van der Waals surface area contributed by atoms with Crippen molar-refractivity contribution in [3.05, 3.63) is 0 Å². The Hall–Kier alpha value is -1.63. The van der Waals surface area contributed by atoms with Gasteiger partial charge in [-0.2, -0.15) is 0 Å². The predicted molar refractivity (Wildman–Crippen MR) is 75.3 cm³/mol. The SMILES string of the molecule is CCOC(=O)CN1CCC(=O)OCNCCCCCC1=O. The Balaban J connectivity index is 2.58. The molecule has 0 aromatic rings. The van der Waals surface area contributed by atoms with Crippen molar-refractivity contribution in [2.24, 2.45) is 0 Å². The highest BCUT2D eigenvalue weighted by Gasteiger charge is 2.19. The zero-order chi connectivity index (χ0) is 15.5. The molecule has 120 valence electrons. The second-order valence-corrected chi connectivity index (χ2v) is 4.84. The van der Waals surface area contributed by atoms with E-state index in [-0.39, 0.29) is 44.7 Å². The minimum atomic E-state index is -0.454. The zero-order valence-electron chi connectivity index (χ0n) is 12.6. The van der Waals surface area contributed by atoms with Crippen LogP contribution in [0.1, 0.15) is 39.0 Å². The van der Waals surface area contributed by atoms with E-state index in [1.54, 1.807) is 6.92 Å². The van der Waals surface area contributed by atoms with Crippen LogP contribution >= 0.6 is 0 Å². The van der Waals surface area contributed by atoms with Gasteiger partial charge in [-0.15, -0.1) is 0 Å². The third-order valence-corrected chi connectivity index (χ3v) is 3.14. The smallest absolute Gasteiger partial charge is 0.325 e. The zero-order valence-corrected chi connectivity index (χ0v) is 12.6. The van der Waals surface area contributed by atoms with Crippen LogP contribution < -0.4 is 5.32 Å². The predicted octanol–water partition coefficient (Wildman–Crippen LogP) is 0.433. The van der Waals surface area contributed by atoms with E-state index in [4.69, 9.17) is 9.47 Å². The summed E-state index contributed by atoms with van der Waals surface area (Å²) in [6.07, 6.45) is 3.07. The van der Waals surface area contributed by atoms with Crippen molar-refractivity contribution in [2.45, 2.75) is 39.0 Å². The minimum Gasteiger partial charge on any atom is -0.465 e. The third kappa shape index (κ3) is 7.65. The summed E-state index contributed by atoms with van der Waals surface area (Å²) in [6, 6.07) is 0. The van der Waals surface area contributed by atoms with Crippen LogP contribution in [0.3, 0.4) is 0 Å². The second-order valence-electron chi connectivity index (χ2n) is 4.84. The first-order valence-electron chi connectivity index (χ1n) is 7.43. The Kier molecular flexibility index (Phi) is 8.42. The van der Waals surface area contributed by atoms with Gasteiger partial charge in [0.1, 0.15) is 13.3 Å². The Morgan fingerprint density at radius 2 is 2.10 bits per heavy atom. The van der Waals surface area contributed by atoms with Crippen molar-refractivity contribution in [3.8, 4) is 0 Å². The molecule has 0 aromatic heterocycles. The summed E-state index contributed by atoms with van der Waals surface area (Å²) in [4.78, 5) is 36.6. The number of cyclic esters (lactones) is 1. The summed E-state index contributed by atoms with van der Waals surface area (Å²) >= 11 is 0. The van der Waals surface area contributed by atoms with E-state index in [0.717, 1.165) is 25.8 Å². The molecule has 0 radical (unpaired) electrons. The molecule has 0 unspecified atom stereocenters. The van der Waals surface area contributed by atoms with Gasteiger partial charge in [-0.05, 0) is 26.3 Å². The summed E-state index contributed by atoms with van der Waals surface area (Å²) in [6.45, 7) is 2.99. The fourth-order valence-corrected chi connectivity index (χ4v) is 2.02. The fourth-order valence-electron chi connectivity index (χ4n) is 2.02. The first kappa shape index (κ1) is 17.4. The maximum absolute atomic E-state index is 12.1. The number of nitrogens with one attached hydrogen (secondary N) is 1. The lowest BCUT2D eigenvalue weighted by Crippen LogP contribution is -2.38. The Morgan fingerprint density at radius 3 is 2.86 bits per heavy atom. The lowest BCUT2D eigenvalue weighted by molar-refractivity contribution is -0.151. The molecule has 1 fully saturated rings.